The van der Waals surface area contributed by atoms with Crippen molar-refractivity contribution in [3.63, 3.8) is 0 Å². The van der Waals surface area contributed by atoms with Gasteiger partial charge in [-0.15, -0.1) is 0 Å². The van der Waals surface area contributed by atoms with E-state index in [4.69, 9.17) is 16.0 Å². The minimum absolute atomic E-state index is 0.0172. The summed E-state index contributed by atoms with van der Waals surface area (Å²) in [5.74, 6) is -1.77. The standard InChI is InChI=1S/C17H12ClNO4/c18-12-9-5-4-8-11(12)15-13(20)14(21)17(23-15)19-16(22)10-6-2-1-3-7-10/h1-9,20-21H,(H,19,22). The van der Waals surface area contributed by atoms with Crippen LogP contribution in [0.25, 0.3) is 11.3 Å². The van der Waals surface area contributed by atoms with Crippen molar-refractivity contribution in [2.75, 3.05) is 5.32 Å². The molecule has 0 aliphatic rings. The molecule has 0 saturated carbocycles. The Kier molecular flexibility index (Phi) is 3.95. The second-order valence-electron chi connectivity index (χ2n) is 4.76. The summed E-state index contributed by atoms with van der Waals surface area (Å²) in [7, 11) is 0. The first-order chi connectivity index (χ1) is 11.1. The summed E-state index contributed by atoms with van der Waals surface area (Å²) in [6.45, 7) is 0. The Labute approximate surface area is 136 Å². The Bertz CT molecular complexity index is 858. The van der Waals surface area contributed by atoms with Crippen molar-refractivity contribution in [1.29, 1.82) is 0 Å². The number of furan rings is 1. The lowest BCUT2D eigenvalue weighted by atomic mass is 10.1. The van der Waals surface area contributed by atoms with Gasteiger partial charge in [-0.25, -0.2) is 0 Å². The molecule has 0 bridgehead atoms. The van der Waals surface area contributed by atoms with Crippen LogP contribution in [0.1, 0.15) is 10.4 Å². The van der Waals surface area contributed by atoms with Crippen molar-refractivity contribution >= 4 is 23.4 Å². The number of carbonyl (C=O) groups is 1. The zero-order valence-electron chi connectivity index (χ0n) is 11.8. The Morgan fingerprint density at radius 3 is 2.30 bits per heavy atom. The van der Waals surface area contributed by atoms with E-state index in [0.29, 0.717) is 16.1 Å². The summed E-state index contributed by atoms with van der Waals surface area (Å²) in [5.41, 5.74) is 0.796. The van der Waals surface area contributed by atoms with Gasteiger partial charge in [0.2, 0.25) is 17.4 Å². The number of aromatic hydroxyl groups is 2. The molecule has 5 nitrogen and oxygen atoms in total. The van der Waals surface area contributed by atoms with Crippen molar-refractivity contribution in [3.8, 4) is 22.8 Å². The molecule has 0 radical (unpaired) electrons. The van der Waals surface area contributed by atoms with E-state index in [9.17, 15) is 15.0 Å². The predicted octanol–water partition coefficient (Wildman–Crippen LogP) is 4.26. The van der Waals surface area contributed by atoms with Gasteiger partial charge >= 0.3 is 0 Å². The molecule has 6 heteroatoms. The number of carbonyl (C=O) groups excluding carboxylic acids is 1. The summed E-state index contributed by atoms with van der Waals surface area (Å²) in [6, 6.07) is 15.1. The maximum absolute atomic E-state index is 12.1. The van der Waals surface area contributed by atoms with Gasteiger partial charge in [0.1, 0.15) is 0 Å². The van der Waals surface area contributed by atoms with Crippen LogP contribution in [0.2, 0.25) is 5.02 Å². The molecule has 0 unspecified atom stereocenters. The van der Waals surface area contributed by atoms with Crippen LogP contribution in [0, 0.1) is 0 Å². The van der Waals surface area contributed by atoms with Crippen LogP contribution in [-0.4, -0.2) is 16.1 Å². The third-order valence-electron chi connectivity index (χ3n) is 3.24. The third kappa shape index (κ3) is 2.86. The maximum Gasteiger partial charge on any atom is 0.258 e. The SMILES string of the molecule is O=C(Nc1oc(-c2ccccc2Cl)c(O)c1O)c1ccccc1. The number of benzene rings is 2. The molecule has 1 aromatic heterocycles. The Balaban J connectivity index is 1.95. The van der Waals surface area contributed by atoms with Gasteiger partial charge in [-0.05, 0) is 24.3 Å². The fourth-order valence-corrected chi connectivity index (χ4v) is 2.31. The lowest BCUT2D eigenvalue weighted by Crippen LogP contribution is -2.10. The molecule has 3 aromatic rings. The van der Waals surface area contributed by atoms with Crippen LogP contribution in [-0.2, 0) is 0 Å². The summed E-state index contributed by atoms with van der Waals surface area (Å²) in [6.07, 6.45) is 0. The lowest BCUT2D eigenvalue weighted by molar-refractivity contribution is 0.102. The van der Waals surface area contributed by atoms with Gasteiger partial charge in [0, 0.05) is 11.1 Å². The molecule has 0 atom stereocenters. The highest BCUT2D eigenvalue weighted by Crippen LogP contribution is 2.46. The van der Waals surface area contributed by atoms with Crippen LogP contribution in [0.5, 0.6) is 11.5 Å². The molecule has 1 amide bonds. The zero-order chi connectivity index (χ0) is 16.4. The lowest BCUT2D eigenvalue weighted by Gasteiger charge is -2.02. The molecule has 1 heterocycles. The Morgan fingerprint density at radius 2 is 1.61 bits per heavy atom. The predicted molar refractivity (Wildman–Crippen MR) is 86.9 cm³/mol. The number of anilines is 1. The molecule has 2 aromatic carbocycles. The minimum Gasteiger partial charge on any atom is -0.502 e. The number of amides is 1. The van der Waals surface area contributed by atoms with E-state index in [1.807, 2.05) is 0 Å². The van der Waals surface area contributed by atoms with Crippen molar-refractivity contribution in [2.24, 2.45) is 0 Å². The smallest absolute Gasteiger partial charge is 0.258 e. The minimum atomic E-state index is -0.552. The van der Waals surface area contributed by atoms with Gasteiger partial charge in [-0.1, -0.05) is 41.9 Å². The number of nitrogens with one attached hydrogen (secondary N) is 1. The third-order valence-corrected chi connectivity index (χ3v) is 3.57. The average Bonchev–Trinajstić information content (AvgIpc) is 2.84. The van der Waals surface area contributed by atoms with Crippen LogP contribution in [0.3, 0.4) is 0 Å². The highest BCUT2D eigenvalue weighted by molar-refractivity contribution is 6.33. The highest BCUT2D eigenvalue weighted by Gasteiger charge is 2.23. The van der Waals surface area contributed by atoms with Gasteiger partial charge in [-0.3, -0.25) is 10.1 Å². The molecule has 0 aliphatic carbocycles. The van der Waals surface area contributed by atoms with Crippen LogP contribution in [0.15, 0.2) is 59.0 Å². The molecule has 23 heavy (non-hydrogen) atoms. The fourth-order valence-electron chi connectivity index (χ4n) is 2.09. The second kappa shape index (κ2) is 6.06. The summed E-state index contributed by atoms with van der Waals surface area (Å²) >= 11 is 6.05. The first kappa shape index (κ1) is 15.0. The summed E-state index contributed by atoms with van der Waals surface area (Å²) in [5, 5.41) is 22.8. The number of rotatable bonds is 3. The van der Waals surface area contributed by atoms with Crippen LogP contribution >= 0.6 is 11.6 Å². The van der Waals surface area contributed by atoms with Crippen molar-refractivity contribution in [3.05, 3.63) is 65.2 Å². The first-order valence-electron chi connectivity index (χ1n) is 6.74. The van der Waals surface area contributed by atoms with Crippen LogP contribution < -0.4 is 5.32 Å². The molecule has 0 fully saturated rings. The van der Waals surface area contributed by atoms with E-state index in [0.717, 1.165) is 0 Å². The van der Waals surface area contributed by atoms with E-state index in [1.165, 1.54) is 0 Å². The van der Waals surface area contributed by atoms with E-state index < -0.39 is 17.4 Å². The van der Waals surface area contributed by atoms with Gasteiger partial charge in [-0.2, -0.15) is 0 Å². The highest BCUT2D eigenvalue weighted by atomic mass is 35.5. The Morgan fingerprint density at radius 1 is 0.957 bits per heavy atom. The summed E-state index contributed by atoms with van der Waals surface area (Å²) in [4.78, 5) is 12.1. The molecule has 0 spiro atoms. The number of halogens is 1. The topological polar surface area (TPSA) is 82.7 Å². The molecule has 0 saturated heterocycles. The second-order valence-corrected chi connectivity index (χ2v) is 5.16. The number of hydrogen-bond acceptors (Lipinski definition) is 4. The van der Waals surface area contributed by atoms with E-state index in [-0.39, 0.29) is 11.6 Å². The van der Waals surface area contributed by atoms with E-state index in [1.54, 1.807) is 54.6 Å². The molecule has 3 rings (SSSR count). The molecular formula is C17H12ClNO4. The normalized spacial score (nSPS) is 10.5. The largest absolute Gasteiger partial charge is 0.502 e. The fraction of sp³-hybridized carbons (Fsp3) is 0. The van der Waals surface area contributed by atoms with Gasteiger partial charge in [0.05, 0.1) is 5.02 Å². The van der Waals surface area contributed by atoms with Crippen LogP contribution in [0.4, 0.5) is 5.88 Å². The van der Waals surface area contributed by atoms with E-state index >= 15 is 0 Å². The summed E-state index contributed by atoms with van der Waals surface area (Å²) < 4.78 is 5.39. The first-order valence-corrected chi connectivity index (χ1v) is 7.11. The molecule has 3 N–H and O–H groups in total. The monoisotopic (exact) mass is 329 g/mol. The van der Waals surface area contributed by atoms with Gasteiger partial charge in [0.25, 0.3) is 5.91 Å². The maximum atomic E-state index is 12.1. The molecule has 116 valence electrons. The Hall–Kier alpha value is -2.92. The van der Waals surface area contributed by atoms with Crippen molar-refractivity contribution in [2.45, 2.75) is 0 Å². The van der Waals surface area contributed by atoms with Crippen molar-refractivity contribution < 1.29 is 19.4 Å². The van der Waals surface area contributed by atoms with Crippen molar-refractivity contribution in [1.82, 2.24) is 0 Å². The molecular weight excluding hydrogens is 318 g/mol. The molecule has 0 aliphatic heterocycles. The number of hydrogen-bond donors (Lipinski definition) is 3. The van der Waals surface area contributed by atoms with Gasteiger partial charge in [0.15, 0.2) is 5.76 Å². The zero-order valence-corrected chi connectivity index (χ0v) is 12.5. The van der Waals surface area contributed by atoms with E-state index in [2.05, 4.69) is 5.32 Å². The average molecular weight is 330 g/mol. The quantitative estimate of drug-likeness (QED) is 0.670. The van der Waals surface area contributed by atoms with Gasteiger partial charge < -0.3 is 14.6 Å².